The van der Waals surface area contributed by atoms with Gasteiger partial charge in [-0.25, -0.2) is 14.1 Å². The number of unbranched alkanes of at least 4 members (excludes halogenated alkanes) is 13. The van der Waals surface area contributed by atoms with E-state index >= 15 is 0 Å². The van der Waals surface area contributed by atoms with Crippen LogP contribution >= 0.6 is 19.4 Å². The first-order chi connectivity index (χ1) is 31.1. The van der Waals surface area contributed by atoms with Gasteiger partial charge in [-0.3, -0.25) is 9.05 Å². The van der Waals surface area contributed by atoms with Gasteiger partial charge in [0.1, 0.15) is 47.6 Å². The molecule has 4 aromatic rings. The predicted octanol–water partition coefficient (Wildman–Crippen LogP) is 11.5. The molecule has 0 bridgehead atoms. The number of phosphoric ester groups is 1. The molecule has 0 radical (unpaired) electrons. The van der Waals surface area contributed by atoms with Crippen LogP contribution < -0.4 is 10.3 Å². The van der Waals surface area contributed by atoms with Crippen LogP contribution in [0.5, 0.6) is 5.75 Å². The van der Waals surface area contributed by atoms with Crippen LogP contribution in [-0.2, 0) is 43.9 Å². The molecule has 2 aliphatic heterocycles. The summed E-state index contributed by atoms with van der Waals surface area (Å²) in [5.74, 6) is -0.685. The van der Waals surface area contributed by atoms with Gasteiger partial charge in [0.2, 0.25) is 0 Å². The van der Waals surface area contributed by atoms with E-state index in [0.717, 1.165) is 18.4 Å². The number of aromatic nitrogens is 3. The summed E-state index contributed by atoms with van der Waals surface area (Å²) in [6, 6.07) is 22.2. The zero-order valence-electron chi connectivity index (χ0n) is 37.7. The summed E-state index contributed by atoms with van der Waals surface area (Å²) < 4.78 is 66.9. The van der Waals surface area contributed by atoms with E-state index in [0.29, 0.717) is 17.8 Å². The van der Waals surface area contributed by atoms with Crippen LogP contribution in [0.4, 0.5) is 5.82 Å². The largest absolute Gasteiger partial charge is 0.530 e. The van der Waals surface area contributed by atoms with E-state index in [9.17, 15) is 9.83 Å². The number of para-hydroxylation sites is 1. The fourth-order valence-corrected chi connectivity index (χ4v) is 9.84. The lowest BCUT2D eigenvalue weighted by Gasteiger charge is -2.33. The van der Waals surface area contributed by atoms with E-state index in [4.69, 9.17) is 54.6 Å². The molecule has 2 aromatic carbocycles. The van der Waals surface area contributed by atoms with Crippen molar-refractivity contribution in [2.24, 2.45) is 0 Å². The number of ether oxygens (including phenoxy) is 5. The van der Waals surface area contributed by atoms with Gasteiger partial charge in [-0.15, -0.1) is 0 Å². The monoisotopic (exact) mass is 923 g/mol. The van der Waals surface area contributed by atoms with Crippen molar-refractivity contribution < 1.29 is 41.8 Å². The minimum Gasteiger partial charge on any atom is -0.402 e. The fourth-order valence-electron chi connectivity index (χ4n) is 8.30. The van der Waals surface area contributed by atoms with Crippen LogP contribution in [0.1, 0.15) is 134 Å². The zero-order chi connectivity index (χ0) is 45.3. The van der Waals surface area contributed by atoms with Gasteiger partial charge in [0, 0.05) is 6.61 Å². The van der Waals surface area contributed by atoms with Crippen molar-refractivity contribution in [3.63, 3.8) is 0 Å². The highest BCUT2D eigenvalue weighted by Crippen LogP contribution is 2.56. The Hall–Kier alpha value is -3.61. The van der Waals surface area contributed by atoms with Crippen molar-refractivity contribution >= 4 is 30.8 Å². The van der Waals surface area contributed by atoms with Gasteiger partial charge in [0.25, 0.3) is 0 Å². The molecule has 2 saturated heterocycles. The lowest BCUT2D eigenvalue weighted by atomic mass is 9.92. The van der Waals surface area contributed by atoms with Gasteiger partial charge in [0.15, 0.2) is 11.6 Å². The number of hydrogen-bond donors (Lipinski definition) is 1. The van der Waals surface area contributed by atoms with Crippen molar-refractivity contribution in [2.45, 2.75) is 159 Å². The number of phosphoric acid groups is 1. The third-order valence-corrected chi connectivity index (χ3v) is 13.3. The van der Waals surface area contributed by atoms with Gasteiger partial charge < -0.3 is 33.9 Å². The van der Waals surface area contributed by atoms with Crippen molar-refractivity contribution in [1.29, 1.82) is 5.26 Å². The number of nitrogen functional groups attached to an aromatic ring is 1. The number of rotatable bonds is 30. The van der Waals surface area contributed by atoms with Crippen molar-refractivity contribution in [2.75, 3.05) is 32.2 Å². The first-order valence-electron chi connectivity index (χ1n) is 23.1. The second kappa shape index (κ2) is 24.8. The summed E-state index contributed by atoms with van der Waals surface area (Å²) in [7, 11) is -4.55. The molecule has 16 heteroatoms. The average molecular weight is 925 g/mol. The van der Waals surface area contributed by atoms with E-state index in [2.05, 4.69) is 23.1 Å². The molecule has 0 amide bonds. The lowest BCUT2D eigenvalue weighted by molar-refractivity contribution is -0.215. The molecule has 0 spiro atoms. The van der Waals surface area contributed by atoms with Crippen LogP contribution in [0.15, 0.2) is 73.1 Å². The number of nitrogens with two attached hydrogens (primary N) is 1. The second-order valence-corrected chi connectivity index (χ2v) is 19.3. The number of nitrogens with zero attached hydrogens (tertiary/aromatic N) is 4. The summed E-state index contributed by atoms with van der Waals surface area (Å²) in [4.78, 5) is 4.10. The topological polar surface area (TPSA) is 171 Å². The van der Waals surface area contributed by atoms with Crippen molar-refractivity contribution in [3.05, 3.63) is 89.3 Å². The van der Waals surface area contributed by atoms with Crippen LogP contribution in [0.3, 0.4) is 0 Å². The van der Waals surface area contributed by atoms with E-state index < -0.39 is 50.2 Å². The average Bonchev–Trinajstić information content (AvgIpc) is 3.95. The zero-order valence-corrected chi connectivity index (χ0v) is 39.4. The van der Waals surface area contributed by atoms with E-state index in [1.54, 1.807) is 48.7 Å². The number of halogens is 1. The highest BCUT2D eigenvalue weighted by molar-refractivity contribution is 7.49. The summed E-state index contributed by atoms with van der Waals surface area (Å²) in [6.07, 6.45) is 16.0. The molecule has 6 rings (SSSR count). The molecule has 2 aromatic heterocycles. The van der Waals surface area contributed by atoms with Crippen LogP contribution in [-0.4, -0.2) is 70.7 Å². The third kappa shape index (κ3) is 14.2. The quantitative estimate of drug-likeness (QED) is 0.0387. The molecular formula is C48H67ClN5O9P. The Morgan fingerprint density at radius 2 is 1.53 bits per heavy atom. The molecule has 1 unspecified atom stereocenters. The summed E-state index contributed by atoms with van der Waals surface area (Å²) in [6.45, 7) is 6.19. The van der Waals surface area contributed by atoms with Gasteiger partial charge in [-0.1, -0.05) is 144 Å². The van der Waals surface area contributed by atoms with E-state index in [-0.39, 0.29) is 42.8 Å². The first kappa shape index (κ1) is 49.8. The number of fused-ring (bicyclic) bond motifs is 2. The molecule has 2 N–H and O–H groups in total. The van der Waals surface area contributed by atoms with Gasteiger partial charge >= 0.3 is 7.82 Å². The molecule has 0 saturated carbocycles. The molecule has 2 aliphatic rings. The normalized spacial score (nSPS) is 21.7. The Labute approximate surface area is 384 Å². The standard InChI is InChI=1S/C48H67ClN5O9P/c1-4-5-6-7-8-9-10-11-12-13-14-15-16-22-31-56-33-38(57-32-37-23-18-17-19-24-37)34-58-64(55,63-42-26-21-20-25-39(42)49)59-35-48(29-30-50)45-44(60-47(2,3)62-45)43(61-48)40-27-28-41-46(51)52-36-53-54(40)41/h17-21,23-28,36,38,43-45H,4-16,22,29,31-35H2,1-3H3,(H2,51,52,53)/t38-,43-,44-,45-,48+,64?/m0/s1. The molecule has 4 heterocycles. The molecule has 0 aliphatic carbocycles. The van der Waals surface area contributed by atoms with Crippen molar-refractivity contribution in [1.82, 2.24) is 14.6 Å². The Morgan fingerprint density at radius 3 is 2.22 bits per heavy atom. The van der Waals surface area contributed by atoms with Gasteiger partial charge in [-0.05, 0) is 50.1 Å². The number of nitriles is 1. The first-order valence-corrected chi connectivity index (χ1v) is 24.9. The maximum absolute atomic E-state index is 14.9. The Morgan fingerprint density at radius 1 is 0.859 bits per heavy atom. The highest BCUT2D eigenvalue weighted by Gasteiger charge is 2.64. The Bertz CT molecular complexity index is 2100. The molecule has 14 nitrogen and oxygen atoms in total. The van der Waals surface area contributed by atoms with Crippen molar-refractivity contribution in [3.8, 4) is 11.8 Å². The van der Waals surface area contributed by atoms with Crippen LogP contribution in [0.2, 0.25) is 5.02 Å². The summed E-state index contributed by atoms with van der Waals surface area (Å²) >= 11 is 6.51. The van der Waals surface area contributed by atoms with E-state index in [1.807, 2.05) is 36.4 Å². The Kier molecular flexibility index (Phi) is 19.3. The van der Waals surface area contributed by atoms with Gasteiger partial charge in [0.05, 0.1) is 49.6 Å². The van der Waals surface area contributed by atoms with Crippen LogP contribution in [0, 0.1) is 11.3 Å². The minimum atomic E-state index is -4.55. The smallest absolute Gasteiger partial charge is 0.402 e. The molecule has 2 fully saturated rings. The maximum atomic E-state index is 14.9. The van der Waals surface area contributed by atoms with Crippen LogP contribution in [0.25, 0.3) is 5.52 Å². The highest BCUT2D eigenvalue weighted by atomic mass is 35.5. The lowest BCUT2D eigenvalue weighted by Crippen LogP contribution is -2.47. The molecule has 64 heavy (non-hydrogen) atoms. The Balaban J connectivity index is 1.09. The maximum Gasteiger partial charge on any atom is 0.530 e. The number of anilines is 1. The predicted molar refractivity (Wildman–Crippen MR) is 246 cm³/mol. The number of benzene rings is 2. The SMILES string of the molecule is CCCCCCCCCCCCCCCCOC[C@@H](COP(=O)(OC[C@@]1(CC#N)O[C@@H](c2ccc3c(N)ncnn23)[C@@H]2OC(C)(C)O[C@@H]21)Oc1ccccc1Cl)OCc1ccccc1. The molecular weight excluding hydrogens is 857 g/mol. The molecule has 350 valence electrons. The van der Waals surface area contributed by atoms with E-state index in [1.165, 1.54) is 83.4 Å². The fraction of sp³-hybridized carbons (Fsp3) is 0.604. The summed E-state index contributed by atoms with van der Waals surface area (Å²) in [5, 5.41) is 14.8. The van der Waals surface area contributed by atoms with Gasteiger partial charge in [-0.2, -0.15) is 10.4 Å². The second-order valence-electron chi connectivity index (χ2n) is 17.3. The molecule has 6 atom stereocenters. The number of hydrogen-bond acceptors (Lipinski definition) is 13. The third-order valence-electron chi connectivity index (χ3n) is 11.7. The minimum absolute atomic E-state index is 0.0826. The summed E-state index contributed by atoms with van der Waals surface area (Å²) in [5.41, 5.74) is 6.79.